The van der Waals surface area contributed by atoms with E-state index in [1.165, 1.54) is 30.7 Å². The van der Waals surface area contributed by atoms with Gasteiger partial charge in [0.15, 0.2) is 0 Å². The molecule has 0 radical (unpaired) electrons. The molecule has 0 fully saturated rings. The van der Waals surface area contributed by atoms with Crippen LogP contribution in [0.2, 0.25) is 0 Å². The maximum absolute atomic E-state index is 2.33. The predicted octanol–water partition coefficient (Wildman–Crippen LogP) is 0.738. The summed E-state index contributed by atoms with van der Waals surface area (Å²) in [4.78, 5) is 0. The maximum Gasteiger partial charge on any atom is 0.224 e. The van der Waals surface area contributed by atoms with Gasteiger partial charge in [0, 0.05) is 11.4 Å². The van der Waals surface area contributed by atoms with E-state index in [4.69, 9.17) is 0 Å². The van der Waals surface area contributed by atoms with Gasteiger partial charge in [-0.3, -0.25) is 4.57 Å². The fourth-order valence-electron chi connectivity index (χ4n) is 1.85. The lowest BCUT2D eigenvalue weighted by atomic mass is 10.0. The van der Waals surface area contributed by atoms with E-state index < -0.39 is 0 Å². The van der Waals surface area contributed by atoms with Gasteiger partial charge in [-0.25, -0.2) is 0 Å². The molecule has 0 spiro atoms. The summed E-state index contributed by atoms with van der Waals surface area (Å²) in [5.41, 5.74) is 2.90. The monoisotopic (exact) mass is 150 g/mol. The average molecular weight is 150 g/mol. The van der Waals surface area contributed by atoms with Crippen LogP contribution in [0.15, 0.2) is 6.33 Å². The summed E-state index contributed by atoms with van der Waals surface area (Å²) in [6, 6.07) is 0. The number of rotatable bonds is 0. The van der Waals surface area contributed by atoms with Crippen LogP contribution in [-0.2, 0) is 20.5 Å². The van der Waals surface area contributed by atoms with Crippen molar-refractivity contribution >= 4 is 0 Å². The number of aryl methyl sites for hydroxylation is 2. The van der Waals surface area contributed by atoms with Gasteiger partial charge in [0.1, 0.15) is 0 Å². The van der Waals surface area contributed by atoms with E-state index in [9.17, 15) is 0 Å². The van der Waals surface area contributed by atoms with E-state index in [1.54, 1.807) is 0 Å². The minimum Gasteiger partial charge on any atom is -0.316 e. The Balaban J connectivity index is 2.52. The van der Waals surface area contributed by atoms with Crippen LogP contribution in [-0.4, -0.2) is 4.57 Å². The highest BCUT2D eigenvalue weighted by atomic mass is 15.1. The number of hydrogen-bond acceptors (Lipinski definition) is 0. The lowest BCUT2D eigenvalue weighted by Gasteiger charge is -2.17. The summed E-state index contributed by atoms with van der Waals surface area (Å²) < 4.78 is 4.43. The van der Waals surface area contributed by atoms with Crippen molar-refractivity contribution in [3.05, 3.63) is 24.1 Å². The summed E-state index contributed by atoms with van der Waals surface area (Å²) in [5.74, 6) is 0. The number of hydrogen-bond donors (Lipinski definition) is 0. The van der Waals surface area contributed by atoms with Gasteiger partial charge in [-0.15, -0.1) is 0 Å². The van der Waals surface area contributed by atoms with Crippen LogP contribution in [0.4, 0.5) is 0 Å². The molecule has 2 heteroatoms. The number of aromatic nitrogens is 2. The lowest BCUT2D eigenvalue weighted by Crippen LogP contribution is -2.31. The van der Waals surface area contributed by atoms with Gasteiger partial charge in [0.25, 0.3) is 0 Å². The van der Waals surface area contributed by atoms with Crippen LogP contribution in [0.25, 0.3) is 0 Å². The second-order valence-electron chi connectivity index (χ2n) is 3.27. The van der Waals surface area contributed by atoms with Gasteiger partial charge in [0.2, 0.25) is 6.33 Å². The van der Waals surface area contributed by atoms with Crippen LogP contribution in [0.3, 0.4) is 0 Å². The highest BCUT2D eigenvalue weighted by molar-refractivity contribution is 5.20. The van der Waals surface area contributed by atoms with Crippen molar-refractivity contribution in [1.29, 1.82) is 0 Å². The smallest absolute Gasteiger partial charge is 0.224 e. The number of imidazole rings is 1. The zero-order valence-corrected chi connectivity index (χ0v) is 7.17. The molecule has 0 atom stereocenters. The molecule has 0 unspecified atom stereocenters. The fraction of sp³-hybridized carbons (Fsp3) is 0.556. The molecule has 0 aliphatic heterocycles. The maximum atomic E-state index is 2.33. The van der Waals surface area contributed by atoms with Gasteiger partial charge in [-0.1, -0.05) is 19.3 Å². The molecule has 2 nitrogen and oxygen atoms in total. The Labute approximate surface area is 67.5 Å². The van der Waals surface area contributed by atoms with Crippen molar-refractivity contribution in [2.75, 3.05) is 0 Å². The Hall–Kier alpha value is -0.920. The Morgan fingerprint density at radius 2 is 2.45 bits per heavy atom. The van der Waals surface area contributed by atoms with Crippen LogP contribution >= 0.6 is 0 Å². The molecule has 11 heavy (non-hydrogen) atoms. The molecule has 2 rings (SSSR count). The molecule has 0 saturated heterocycles. The molecule has 1 aliphatic rings. The van der Waals surface area contributed by atoms with Crippen LogP contribution < -0.4 is 4.57 Å². The van der Waals surface area contributed by atoms with Crippen molar-refractivity contribution in [1.82, 2.24) is 4.57 Å². The van der Waals surface area contributed by atoms with Crippen molar-refractivity contribution in [3.8, 4) is 0 Å². The minimum atomic E-state index is 1.24. The summed E-state index contributed by atoms with van der Waals surface area (Å²) >= 11 is 0. The van der Waals surface area contributed by atoms with Crippen molar-refractivity contribution in [2.45, 2.75) is 19.3 Å². The van der Waals surface area contributed by atoms with Crippen LogP contribution in [0.5, 0.6) is 0 Å². The third kappa shape index (κ3) is 0.934. The van der Waals surface area contributed by atoms with Gasteiger partial charge in [0.05, 0.1) is 14.1 Å². The predicted molar refractivity (Wildman–Crippen MR) is 42.9 cm³/mol. The highest BCUT2D eigenvalue weighted by Crippen LogP contribution is 2.18. The van der Waals surface area contributed by atoms with Gasteiger partial charge >= 0.3 is 0 Å². The van der Waals surface area contributed by atoms with Crippen molar-refractivity contribution in [2.24, 2.45) is 14.1 Å². The lowest BCUT2D eigenvalue weighted by molar-refractivity contribution is -0.678. The van der Waals surface area contributed by atoms with E-state index >= 15 is 0 Å². The molecular formula is C9H14N2. The van der Waals surface area contributed by atoms with Crippen molar-refractivity contribution < 1.29 is 4.57 Å². The molecule has 1 aliphatic carbocycles. The van der Waals surface area contributed by atoms with E-state index in [2.05, 4.69) is 36.0 Å². The Morgan fingerprint density at radius 3 is 3.18 bits per heavy atom. The molecule has 0 amide bonds. The third-order valence-electron chi connectivity index (χ3n) is 2.40. The van der Waals surface area contributed by atoms with Crippen LogP contribution in [0, 0.1) is 6.42 Å². The zero-order chi connectivity index (χ0) is 7.84. The first-order chi connectivity index (χ1) is 5.29. The first-order valence-electron chi connectivity index (χ1n) is 4.16. The second-order valence-corrected chi connectivity index (χ2v) is 3.27. The first-order valence-corrected chi connectivity index (χ1v) is 4.16. The fourth-order valence-corrected chi connectivity index (χ4v) is 1.85. The molecule has 0 N–H and O–H groups in total. The topological polar surface area (TPSA) is 8.81 Å². The van der Waals surface area contributed by atoms with E-state index in [0.29, 0.717) is 0 Å². The molecule has 0 aromatic carbocycles. The normalized spacial score (nSPS) is 15.8. The summed E-state index contributed by atoms with van der Waals surface area (Å²) in [6.07, 6.45) is 8.27. The molecule has 0 bridgehead atoms. The molecule has 60 valence electrons. The zero-order valence-electron chi connectivity index (χ0n) is 7.17. The average Bonchev–Trinajstić information content (AvgIpc) is 2.30. The third-order valence-corrected chi connectivity index (χ3v) is 2.40. The van der Waals surface area contributed by atoms with Gasteiger partial charge < -0.3 is 4.57 Å². The molecule has 1 aromatic heterocycles. The summed E-state index contributed by atoms with van der Waals surface area (Å²) in [5, 5.41) is 0. The summed E-state index contributed by atoms with van der Waals surface area (Å²) in [6.45, 7) is 0. The quantitative estimate of drug-likeness (QED) is 0.381. The first kappa shape index (κ1) is 6.77. The largest absolute Gasteiger partial charge is 0.316 e. The van der Waals surface area contributed by atoms with Crippen LogP contribution in [0.1, 0.15) is 24.2 Å². The molecule has 1 heterocycles. The van der Waals surface area contributed by atoms with E-state index in [-0.39, 0.29) is 0 Å². The standard InChI is InChI=1S/C9H14N2/c1-10-7-11(2)9-6-4-3-5-8(9)10/h5,7H,3-4,6H2,1-2H3. The van der Waals surface area contributed by atoms with E-state index in [0.717, 1.165) is 0 Å². The Kier molecular flexibility index (Phi) is 1.41. The van der Waals surface area contributed by atoms with E-state index in [1.807, 2.05) is 0 Å². The Morgan fingerprint density at radius 1 is 1.64 bits per heavy atom. The summed E-state index contributed by atoms with van der Waals surface area (Å²) in [7, 11) is 4.23. The van der Waals surface area contributed by atoms with Crippen molar-refractivity contribution in [3.63, 3.8) is 0 Å². The molecule has 0 saturated carbocycles. The number of fused-ring (bicyclic) bond motifs is 1. The highest BCUT2D eigenvalue weighted by Gasteiger charge is 2.11. The molecular weight excluding hydrogens is 136 g/mol. The molecule has 1 aromatic rings. The number of nitrogens with zero attached hydrogens (tertiary/aromatic N) is 2. The van der Waals surface area contributed by atoms with Gasteiger partial charge in [-0.2, -0.15) is 6.42 Å². The Bertz CT molecular complexity index is 247. The SMILES string of the molecule is Cn1c[n+](C)c2c1[CH-]CCC2. The second kappa shape index (κ2) is 2.29. The minimum absolute atomic E-state index is 1.24. The van der Waals surface area contributed by atoms with Gasteiger partial charge in [-0.05, 0) is 0 Å².